The predicted octanol–water partition coefficient (Wildman–Crippen LogP) is 1.94. The molecule has 1 heterocycles. The Hall–Kier alpha value is -1.82. The van der Waals surface area contributed by atoms with Crippen LogP contribution in [0.3, 0.4) is 0 Å². The number of benzene rings is 1. The van der Waals surface area contributed by atoms with E-state index < -0.39 is 17.7 Å². The summed E-state index contributed by atoms with van der Waals surface area (Å²) in [6, 6.07) is 3.41. The zero-order valence-corrected chi connectivity index (χ0v) is 10.2. The zero-order valence-electron chi connectivity index (χ0n) is 10.2. The third-order valence-electron chi connectivity index (χ3n) is 2.67. The van der Waals surface area contributed by atoms with Gasteiger partial charge in [0.1, 0.15) is 11.6 Å². The molecule has 0 saturated heterocycles. The topological polar surface area (TPSA) is 42.7 Å². The SMILES string of the molecule is CC(NCc1cn(C)nn1)c1c(F)cccc1F. The van der Waals surface area contributed by atoms with Crippen molar-refractivity contribution in [3.63, 3.8) is 0 Å². The van der Waals surface area contributed by atoms with E-state index >= 15 is 0 Å². The molecule has 0 bridgehead atoms. The largest absolute Gasteiger partial charge is 0.304 e. The van der Waals surface area contributed by atoms with Crippen LogP contribution in [0, 0.1) is 11.6 Å². The van der Waals surface area contributed by atoms with E-state index in [1.54, 1.807) is 24.9 Å². The fraction of sp³-hybridized carbons (Fsp3) is 0.333. The van der Waals surface area contributed by atoms with Crippen molar-refractivity contribution >= 4 is 0 Å². The van der Waals surface area contributed by atoms with Crippen LogP contribution < -0.4 is 5.32 Å². The first kappa shape index (κ1) is 12.6. The van der Waals surface area contributed by atoms with Crippen LogP contribution in [0.15, 0.2) is 24.4 Å². The highest BCUT2D eigenvalue weighted by Crippen LogP contribution is 2.20. The highest BCUT2D eigenvalue weighted by Gasteiger charge is 2.15. The smallest absolute Gasteiger partial charge is 0.130 e. The van der Waals surface area contributed by atoms with Gasteiger partial charge in [-0.3, -0.25) is 4.68 Å². The molecule has 1 aromatic carbocycles. The molecular formula is C12H14F2N4. The Morgan fingerprint density at radius 2 is 2.00 bits per heavy atom. The van der Waals surface area contributed by atoms with Gasteiger partial charge in [-0.2, -0.15) is 0 Å². The van der Waals surface area contributed by atoms with E-state index in [0.29, 0.717) is 6.54 Å². The van der Waals surface area contributed by atoms with Gasteiger partial charge in [0.25, 0.3) is 0 Å². The van der Waals surface area contributed by atoms with Crippen molar-refractivity contribution in [1.29, 1.82) is 0 Å². The normalized spacial score (nSPS) is 12.7. The Balaban J connectivity index is 2.06. The quantitative estimate of drug-likeness (QED) is 0.904. The summed E-state index contributed by atoms with van der Waals surface area (Å²) in [6.07, 6.45) is 1.75. The average molecular weight is 252 g/mol. The van der Waals surface area contributed by atoms with Gasteiger partial charge < -0.3 is 5.32 Å². The van der Waals surface area contributed by atoms with Gasteiger partial charge >= 0.3 is 0 Å². The number of aromatic nitrogens is 3. The van der Waals surface area contributed by atoms with E-state index in [9.17, 15) is 8.78 Å². The number of nitrogens with one attached hydrogen (secondary N) is 1. The summed E-state index contributed by atoms with van der Waals surface area (Å²) in [6.45, 7) is 2.11. The van der Waals surface area contributed by atoms with Crippen LogP contribution in [0.25, 0.3) is 0 Å². The lowest BCUT2D eigenvalue weighted by molar-refractivity contribution is 0.485. The van der Waals surface area contributed by atoms with Crippen LogP contribution in [-0.2, 0) is 13.6 Å². The van der Waals surface area contributed by atoms with Crippen LogP contribution in [0.5, 0.6) is 0 Å². The molecule has 0 aliphatic rings. The summed E-state index contributed by atoms with van der Waals surface area (Å²) in [5.74, 6) is -1.09. The molecule has 2 aromatic rings. The molecule has 0 amide bonds. The van der Waals surface area contributed by atoms with Gasteiger partial charge in [0, 0.05) is 31.4 Å². The van der Waals surface area contributed by atoms with E-state index in [1.165, 1.54) is 18.2 Å². The second kappa shape index (κ2) is 5.22. The van der Waals surface area contributed by atoms with Gasteiger partial charge in [-0.1, -0.05) is 11.3 Å². The Morgan fingerprint density at radius 3 is 2.56 bits per heavy atom. The molecule has 1 atom stereocenters. The monoisotopic (exact) mass is 252 g/mol. The van der Waals surface area contributed by atoms with Crippen molar-refractivity contribution in [3.05, 3.63) is 47.3 Å². The molecule has 1 aromatic heterocycles. The van der Waals surface area contributed by atoms with Crippen molar-refractivity contribution < 1.29 is 8.78 Å². The van der Waals surface area contributed by atoms with Crippen LogP contribution in [-0.4, -0.2) is 15.0 Å². The highest BCUT2D eigenvalue weighted by molar-refractivity contribution is 5.22. The summed E-state index contributed by atoms with van der Waals surface area (Å²) in [7, 11) is 1.76. The Morgan fingerprint density at radius 1 is 1.33 bits per heavy atom. The number of hydrogen-bond acceptors (Lipinski definition) is 3. The maximum absolute atomic E-state index is 13.5. The third-order valence-corrected chi connectivity index (χ3v) is 2.67. The summed E-state index contributed by atoms with van der Waals surface area (Å²) in [5.41, 5.74) is 0.766. The van der Waals surface area contributed by atoms with Crippen LogP contribution in [0.4, 0.5) is 8.78 Å². The molecule has 96 valence electrons. The minimum atomic E-state index is -0.547. The first-order valence-corrected chi connectivity index (χ1v) is 5.60. The molecule has 2 rings (SSSR count). The van der Waals surface area contributed by atoms with Gasteiger partial charge in [0.05, 0.1) is 5.69 Å². The maximum atomic E-state index is 13.5. The predicted molar refractivity (Wildman–Crippen MR) is 62.6 cm³/mol. The second-order valence-electron chi connectivity index (χ2n) is 4.12. The van der Waals surface area contributed by atoms with Gasteiger partial charge in [-0.05, 0) is 19.1 Å². The molecule has 0 aliphatic carbocycles. The van der Waals surface area contributed by atoms with Crippen molar-refractivity contribution in [3.8, 4) is 0 Å². The molecule has 1 unspecified atom stereocenters. The second-order valence-corrected chi connectivity index (χ2v) is 4.12. The van der Waals surface area contributed by atoms with Crippen LogP contribution in [0.2, 0.25) is 0 Å². The molecule has 6 heteroatoms. The number of rotatable bonds is 4. The van der Waals surface area contributed by atoms with Crippen LogP contribution >= 0.6 is 0 Å². The highest BCUT2D eigenvalue weighted by atomic mass is 19.1. The van der Waals surface area contributed by atoms with E-state index in [2.05, 4.69) is 15.6 Å². The molecular weight excluding hydrogens is 238 g/mol. The first-order valence-electron chi connectivity index (χ1n) is 5.60. The fourth-order valence-electron chi connectivity index (χ4n) is 1.76. The number of halogens is 2. The molecule has 18 heavy (non-hydrogen) atoms. The molecule has 0 radical (unpaired) electrons. The van der Waals surface area contributed by atoms with Crippen molar-refractivity contribution in [2.75, 3.05) is 0 Å². The molecule has 1 N–H and O–H groups in total. The molecule has 4 nitrogen and oxygen atoms in total. The Bertz CT molecular complexity index is 518. The Kier molecular flexibility index (Phi) is 3.66. The minimum Gasteiger partial charge on any atom is -0.304 e. The minimum absolute atomic E-state index is 0.0430. The fourth-order valence-corrected chi connectivity index (χ4v) is 1.76. The lowest BCUT2D eigenvalue weighted by Crippen LogP contribution is -2.20. The van der Waals surface area contributed by atoms with Crippen molar-refractivity contribution in [1.82, 2.24) is 20.3 Å². The first-order chi connectivity index (χ1) is 8.58. The lowest BCUT2D eigenvalue weighted by atomic mass is 10.1. The third kappa shape index (κ3) is 2.70. The number of hydrogen-bond donors (Lipinski definition) is 1. The molecule has 0 saturated carbocycles. The van der Waals surface area contributed by atoms with Crippen molar-refractivity contribution in [2.24, 2.45) is 7.05 Å². The molecule has 0 spiro atoms. The van der Waals surface area contributed by atoms with E-state index in [-0.39, 0.29) is 5.56 Å². The van der Waals surface area contributed by atoms with Gasteiger partial charge in [0.15, 0.2) is 0 Å². The standard InChI is InChI=1S/C12H14F2N4/c1-8(12-10(13)4-3-5-11(12)14)15-6-9-7-18(2)17-16-9/h3-5,7-8,15H,6H2,1-2H3. The summed E-state index contributed by atoms with van der Waals surface area (Å²) >= 11 is 0. The molecule has 0 aliphatic heterocycles. The average Bonchev–Trinajstić information content (AvgIpc) is 2.72. The van der Waals surface area contributed by atoms with Gasteiger partial charge in [0.2, 0.25) is 0 Å². The summed E-state index contributed by atoms with van der Waals surface area (Å²) < 4.78 is 28.6. The van der Waals surface area contributed by atoms with E-state index in [0.717, 1.165) is 5.69 Å². The van der Waals surface area contributed by atoms with Gasteiger partial charge in [-0.25, -0.2) is 8.78 Å². The van der Waals surface area contributed by atoms with E-state index in [4.69, 9.17) is 0 Å². The summed E-state index contributed by atoms with van der Waals surface area (Å²) in [5, 5.41) is 10.7. The zero-order chi connectivity index (χ0) is 13.1. The molecule has 0 fully saturated rings. The number of aryl methyl sites for hydroxylation is 1. The van der Waals surface area contributed by atoms with Gasteiger partial charge in [-0.15, -0.1) is 5.10 Å². The maximum Gasteiger partial charge on any atom is 0.130 e. The number of nitrogens with zero attached hydrogens (tertiary/aromatic N) is 3. The van der Waals surface area contributed by atoms with Crippen molar-refractivity contribution in [2.45, 2.75) is 19.5 Å². The summed E-state index contributed by atoms with van der Waals surface area (Å²) in [4.78, 5) is 0. The van der Waals surface area contributed by atoms with E-state index in [1.807, 2.05) is 0 Å². The lowest BCUT2D eigenvalue weighted by Gasteiger charge is -2.14. The van der Waals surface area contributed by atoms with Crippen LogP contribution in [0.1, 0.15) is 24.2 Å². The Labute approximate surface area is 104 Å².